The molecule has 1 aliphatic carbocycles. The molecule has 7 heteroatoms. The quantitative estimate of drug-likeness (QED) is 0.267. The lowest BCUT2D eigenvalue weighted by Gasteiger charge is -2.21. The van der Waals surface area contributed by atoms with Crippen molar-refractivity contribution in [3.05, 3.63) is 11.6 Å². The zero-order valence-corrected chi connectivity index (χ0v) is 18.0. The van der Waals surface area contributed by atoms with Crippen LogP contribution in [0, 0.1) is 0 Å². The number of rotatable bonds is 7. The minimum Gasteiger partial charge on any atom is -0.357 e. The third-order valence-corrected chi connectivity index (χ3v) is 6.23. The summed E-state index contributed by atoms with van der Waals surface area (Å²) < 4.78 is 22.6. The second kappa shape index (κ2) is 10.5. The SMILES string of the molecule is CCNC(=NCC(C)(C)S(C)(=O)=O)NCCC1=CCCCC1.I. The average Bonchev–Trinajstić information content (AvgIpc) is 2.45. The van der Waals surface area contributed by atoms with E-state index in [4.69, 9.17) is 0 Å². The van der Waals surface area contributed by atoms with Crippen LogP contribution >= 0.6 is 24.0 Å². The number of aliphatic imine (C=N–C) groups is 1. The van der Waals surface area contributed by atoms with Crippen LogP contribution in [0.15, 0.2) is 16.6 Å². The summed E-state index contributed by atoms with van der Waals surface area (Å²) in [5.74, 6) is 0.690. The first kappa shape index (κ1) is 22.7. The van der Waals surface area contributed by atoms with Crippen LogP contribution in [0.2, 0.25) is 0 Å². The molecule has 0 aromatic rings. The minimum absolute atomic E-state index is 0. The van der Waals surface area contributed by atoms with Crippen LogP contribution < -0.4 is 10.6 Å². The van der Waals surface area contributed by atoms with Crippen LogP contribution in [0.3, 0.4) is 0 Å². The molecule has 0 radical (unpaired) electrons. The minimum atomic E-state index is -3.12. The van der Waals surface area contributed by atoms with Crippen LogP contribution in [-0.2, 0) is 9.84 Å². The largest absolute Gasteiger partial charge is 0.357 e. The Kier molecular flexibility index (Phi) is 10.4. The Morgan fingerprint density at radius 2 is 2.00 bits per heavy atom. The van der Waals surface area contributed by atoms with Crippen LogP contribution in [0.5, 0.6) is 0 Å². The van der Waals surface area contributed by atoms with E-state index >= 15 is 0 Å². The number of nitrogens with one attached hydrogen (secondary N) is 2. The van der Waals surface area contributed by atoms with Crippen molar-refractivity contribution < 1.29 is 8.42 Å². The van der Waals surface area contributed by atoms with Gasteiger partial charge >= 0.3 is 0 Å². The van der Waals surface area contributed by atoms with Crippen molar-refractivity contribution in [3.8, 4) is 0 Å². The molecular weight excluding hydrogens is 425 g/mol. The van der Waals surface area contributed by atoms with Gasteiger partial charge in [0.15, 0.2) is 15.8 Å². The van der Waals surface area contributed by atoms with Crippen molar-refractivity contribution in [2.24, 2.45) is 4.99 Å². The number of hydrogen-bond donors (Lipinski definition) is 2. The predicted molar refractivity (Wildman–Crippen MR) is 109 cm³/mol. The summed E-state index contributed by atoms with van der Waals surface area (Å²) >= 11 is 0. The van der Waals surface area contributed by atoms with E-state index in [2.05, 4.69) is 21.7 Å². The van der Waals surface area contributed by atoms with Gasteiger partial charge in [0.2, 0.25) is 0 Å². The normalized spacial score (nSPS) is 16.3. The number of hydrogen-bond acceptors (Lipinski definition) is 3. The summed E-state index contributed by atoms with van der Waals surface area (Å²) in [5, 5.41) is 6.46. The van der Waals surface area contributed by atoms with E-state index in [1.54, 1.807) is 13.8 Å². The van der Waals surface area contributed by atoms with E-state index in [9.17, 15) is 8.42 Å². The third-order valence-electron chi connectivity index (χ3n) is 4.09. The van der Waals surface area contributed by atoms with Gasteiger partial charge in [-0.25, -0.2) is 8.42 Å². The predicted octanol–water partition coefficient (Wildman–Crippen LogP) is 2.87. The molecule has 0 aliphatic heterocycles. The summed E-state index contributed by atoms with van der Waals surface area (Å²) in [7, 11) is -3.12. The number of allylic oxidation sites excluding steroid dienone is 1. The van der Waals surface area contributed by atoms with Gasteiger partial charge in [-0.3, -0.25) is 4.99 Å². The average molecular weight is 457 g/mol. The molecule has 1 rings (SSSR count). The highest BCUT2D eigenvalue weighted by Gasteiger charge is 2.29. The standard InChI is InChI=1S/C16H31N3O2S.HI/c1-5-17-15(19-13-16(2,3)22(4,20)21)18-12-11-14-9-7-6-8-10-14;/h9H,5-8,10-13H2,1-4H3,(H2,17,18,19);1H. The van der Waals surface area contributed by atoms with Crippen molar-refractivity contribution in [3.63, 3.8) is 0 Å². The highest BCUT2D eigenvalue weighted by atomic mass is 127. The topological polar surface area (TPSA) is 70.6 Å². The molecule has 2 N–H and O–H groups in total. The van der Waals surface area contributed by atoms with E-state index in [1.165, 1.54) is 37.5 Å². The van der Waals surface area contributed by atoms with Crippen LogP contribution in [0.1, 0.15) is 52.9 Å². The van der Waals surface area contributed by atoms with Crippen molar-refractivity contribution in [1.29, 1.82) is 0 Å². The maximum Gasteiger partial charge on any atom is 0.191 e. The Bertz CT molecular complexity index is 513. The molecule has 0 unspecified atom stereocenters. The number of nitrogens with zero attached hydrogens (tertiary/aromatic N) is 1. The Hall–Kier alpha value is -0.310. The zero-order chi connectivity index (χ0) is 16.6. The molecule has 0 aromatic carbocycles. The maximum absolute atomic E-state index is 11.7. The van der Waals surface area contributed by atoms with Gasteiger partial charge < -0.3 is 10.6 Å². The lowest BCUT2D eigenvalue weighted by molar-refractivity contribution is 0.554. The first-order valence-corrected chi connectivity index (χ1v) is 10.0. The van der Waals surface area contributed by atoms with Gasteiger partial charge in [-0.15, -0.1) is 24.0 Å². The molecule has 0 bridgehead atoms. The molecule has 1 aliphatic rings. The Balaban J connectivity index is 0.00000484. The second-order valence-corrected chi connectivity index (χ2v) is 9.16. The number of guanidine groups is 1. The third kappa shape index (κ3) is 8.37. The maximum atomic E-state index is 11.7. The molecule has 0 heterocycles. The highest BCUT2D eigenvalue weighted by Crippen LogP contribution is 2.19. The fourth-order valence-electron chi connectivity index (χ4n) is 2.20. The summed E-state index contributed by atoms with van der Waals surface area (Å²) in [5.41, 5.74) is 1.52. The molecule has 0 amide bonds. The summed E-state index contributed by atoms with van der Waals surface area (Å²) in [6.07, 6.45) is 9.65. The molecule has 23 heavy (non-hydrogen) atoms. The number of sulfone groups is 1. The molecule has 0 fully saturated rings. The van der Waals surface area contributed by atoms with Crippen molar-refractivity contribution in [2.75, 3.05) is 25.9 Å². The van der Waals surface area contributed by atoms with Gasteiger partial charge in [0.1, 0.15) is 0 Å². The molecule has 136 valence electrons. The van der Waals surface area contributed by atoms with Crippen molar-refractivity contribution in [1.82, 2.24) is 10.6 Å². The summed E-state index contributed by atoms with van der Waals surface area (Å²) in [6.45, 7) is 7.27. The molecule has 0 aromatic heterocycles. The van der Waals surface area contributed by atoms with Gasteiger partial charge in [0.25, 0.3) is 0 Å². The molecule has 0 saturated carbocycles. The molecule has 5 nitrogen and oxygen atoms in total. The smallest absolute Gasteiger partial charge is 0.191 e. The van der Waals surface area contributed by atoms with Crippen LogP contribution in [0.4, 0.5) is 0 Å². The van der Waals surface area contributed by atoms with Gasteiger partial charge in [-0.2, -0.15) is 0 Å². The molecular formula is C16H32IN3O2S. The van der Waals surface area contributed by atoms with E-state index in [0.717, 1.165) is 19.5 Å². The van der Waals surface area contributed by atoms with E-state index < -0.39 is 14.6 Å². The molecule has 0 atom stereocenters. The Morgan fingerprint density at radius 1 is 1.30 bits per heavy atom. The van der Waals surface area contributed by atoms with E-state index in [1.807, 2.05) is 6.92 Å². The molecule has 0 saturated heterocycles. The van der Waals surface area contributed by atoms with Gasteiger partial charge in [0.05, 0.1) is 11.3 Å². The lowest BCUT2D eigenvalue weighted by atomic mass is 9.97. The second-order valence-electron chi connectivity index (χ2n) is 6.51. The fourth-order valence-corrected chi connectivity index (χ4v) is 2.50. The van der Waals surface area contributed by atoms with Crippen molar-refractivity contribution >= 4 is 39.8 Å². The number of halogens is 1. The molecule has 0 spiro atoms. The first-order chi connectivity index (χ1) is 10.3. The first-order valence-electron chi connectivity index (χ1n) is 8.16. The summed E-state index contributed by atoms with van der Waals surface area (Å²) in [4.78, 5) is 4.43. The van der Waals surface area contributed by atoms with Gasteiger partial charge in [-0.1, -0.05) is 11.6 Å². The van der Waals surface area contributed by atoms with Crippen LogP contribution in [0.25, 0.3) is 0 Å². The zero-order valence-electron chi connectivity index (χ0n) is 14.8. The van der Waals surface area contributed by atoms with Gasteiger partial charge in [0, 0.05) is 19.3 Å². The fraction of sp³-hybridized carbons (Fsp3) is 0.812. The Morgan fingerprint density at radius 3 is 2.52 bits per heavy atom. The monoisotopic (exact) mass is 457 g/mol. The van der Waals surface area contributed by atoms with Crippen LogP contribution in [-0.4, -0.2) is 45.0 Å². The van der Waals surface area contributed by atoms with Gasteiger partial charge in [-0.05, 0) is 52.9 Å². The Labute approximate surface area is 158 Å². The van der Waals surface area contributed by atoms with E-state index in [-0.39, 0.29) is 30.5 Å². The van der Waals surface area contributed by atoms with E-state index in [0.29, 0.717) is 5.96 Å². The summed E-state index contributed by atoms with van der Waals surface area (Å²) in [6, 6.07) is 0. The highest BCUT2D eigenvalue weighted by molar-refractivity contribution is 14.0. The van der Waals surface area contributed by atoms with Crippen molar-refractivity contribution in [2.45, 2.75) is 57.6 Å². The lowest BCUT2D eigenvalue weighted by Crippen LogP contribution is -2.41.